The molecule has 0 bridgehead atoms. The van der Waals surface area contributed by atoms with Crippen LogP contribution in [-0.4, -0.2) is 22.9 Å². The number of nitrogens with zero attached hydrogens (tertiary/aromatic N) is 2. The number of methoxy groups -OCH3 is 1. The highest BCUT2D eigenvalue weighted by Crippen LogP contribution is 2.32. The van der Waals surface area contributed by atoms with Gasteiger partial charge in [0.15, 0.2) is 0 Å². The molecule has 0 aliphatic heterocycles. The molecule has 3 rings (SSSR count). The van der Waals surface area contributed by atoms with Crippen LogP contribution in [0.2, 0.25) is 0 Å². The van der Waals surface area contributed by atoms with Crippen molar-refractivity contribution in [2.75, 3.05) is 17.7 Å². The van der Waals surface area contributed by atoms with Gasteiger partial charge in [0, 0.05) is 34.5 Å². The van der Waals surface area contributed by atoms with Crippen LogP contribution in [0, 0.1) is 0 Å². The van der Waals surface area contributed by atoms with Crippen LogP contribution in [0.25, 0.3) is 11.3 Å². The lowest BCUT2D eigenvalue weighted by atomic mass is 10.1. The zero-order valence-electron chi connectivity index (χ0n) is 14.1. The molecule has 26 heavy (non-hydrogen) atoms. The van der Waals surface area contributed by atoms with Gasteiger partial charge in [-0.3, -0.25) is 4.68 Å². The van der Waals surface area contributed by atoms with Crippen LogP contribution in [-0.2, 0) is 7.05 Å². The number of rotatable bonds is 4. The smallest absolute Gasteiger partial charge is 0.323 e. The van der Waals surface area contributed by atoms with Gasteiger partial charge in [0.25, 0.3) is 0 Å². The van der Waals surface area contributed by atoms with Gasteiger partial charge in [-0.15, -0.1) is 0 Å². The van der Waals surface area contributed by atoms with Gasteiger partial charge < -0.3 is 15.4 Å². The molecule has 3 aromatic rings. The average molecular weight is 480 g/mol. The van der Waals surface area contributed by atoms with E-state index in [1.807, 2.05) is 43.4 Å². The first-order chi connectivity index (χ1) is 12.5. The zero-order chi connectivity index (χ0) is 18.7. The van der Waals surface area contributed by atoms with E-state index >= 15 is 0 Å². The van der Waals surface area contributed by atoms with E-state index in [2.05, 4.69) is 47.6 Å². The molecule has 8 heteroatoms. The highest BCUT2D eigenvalue weighted by atomic mass is 79.9. The third-order valence-corrected chi connectivity index (χ3v) is 4.78. The molecular formula is C18H16Br2N4O2. The molecule has 0 unspecified atom stereocenters. The van der Waals surface area contributed by atoms with Crippen molar-refractivity contribution >= 4 is 49.3 Å². The van der Waals surface area contributed by atoms with Crippen molar-refractivity contribution in [3.8, 4) is 17.0 Å². The number of halogens is 2. The Hall–Kier alpha value is -2.32. The number of hydrogen-bond donors (Lipinski definition) is 2. The van der Waals surface area contributed by atoms with Gasteiger partial charge in [-0.05, 0) is 52.3 Å². The summed E-state index contributed by atoms with van der Waals surface area (Å²) in [5.41, 5.74) is 3.07. The molecule has 134 valence electrons. The van der Waals surface area contributed by atoms with Crippen LogP contribution in [0.15, 0.2) is 57.6 Å². The van der Waals surface area contributed by atoms with Crippen LogP contribution in [0.5, 0.6) is 5.75 Å². The summed E-state index contributed by atoms with van der Waals surface area (Å²) in [5, 5.41) is 9.85. The van der Waals surface area contributed by atoms with Crippen molar-refractivity contribution in [2.24, 2.45) is 7.05 Å². The van der Waals surface area contributed by atoms with E-state index in [1.165, 1.54) is 0 Å². The summed E-state index contributed by atoms with van der Waals surface area (Å²) in [4.78, 5) is 12.3. The Kier molecular flexibility index (Phi) is 5.63. The number of benzene rings is 2. The molecule has 0 aliphatic rings. The van der Waals surface area contributed by atoms with Gasteiger partial charge in [0.2, 0.25) is 0 Å². The standard InChI is InChI=1S/C18H16Br2N4O2/c1-24-17(16(20)10-21-24)11-7-14(9-15(8-11)26-2)23-18(25)22-13-5-3-12(19)4-6-13/h3-10H,1-2H3,(H2,22,23,25). The van der Waals surface area contributed by atoms with Crippen LogP contribution in [0.3, 0.4) is 0 Å². The Morgan fingerprint density at radius 3 is 2.38 bits per heavy atom. The molecule has 0 atom stereocenters. The number of amides is 2. The number of nitrogens with one attached hydrogen (secondary N) is 2. The van der Waals surface area contributed by atoms with Crippen molar-refractivity contribution in [1.82, 2.24) is 9.78 Å². The highest BCUT2D eigenvalue weighted by molar-refractivity contribution is 9.10. The molecule has 1 aromatic heterocycles. The number of aromatic nitrogens is 2. The van der Waals surface area contributed by atoms with E-state index in [0.717, 1.165) is 20.2 Å². The van der Waals surface area contributed by atoms with E-state index in [4.69, 9.17) is 4.74 Å². The fraction of sp³-hybridized carbons (Fsp3) is 0.111. The number of hydrogen-bond acceptors (Lipinski definition) is 3. The minimum Gasteiger partial charge on any atom is -0.497 e. The first kappa shape index (κ1) is 18.5. The Morgan fingerprint density at radius 1 is 1.08 bits per heavy atom. The van der Waals surface area contributed by atoms with Crippen LogP contribution in [0.1, 0.15) is 0 Å². The quantitative estimate of drug-likeness (QED) is 0.535. The maximum atomic E-state index is 12.3. The number of anilines is 2. The Morgan fingerprint density at radius 2 is 1.77 bits per heavy atom. The number of carbonyl (C=O) groups is 1. The largest absolute Gasteiger partial charge is 0.497 e. The first-order valence-electron chi connectivity index (χ1n) is 7.67. The molecule has 1 heterocycles. The predicted octanol–water partition coefficient (Wildman–Crippen LogP) is 5.26. The summed E-state index contributed by atoms with van der Waals surface area (Å²) in [6.07, 6.45) is 1.72. The van der Waals surface area contributed by atoms with Gasteiger partial charge in [-0.25, -0.2) is 4.79 Å². The second-order valence-corrected chi connectivity index (χ2v) is 7.27. The number of carbonyl (C=O) groups excluding carboxylic acids is 1. The van der Waals surface area contributed by atoms with E-state index in [-0.39, 0.29) is 6.03 Å². The van der Waals surface area contributed by atoms with Gasteiger partial charge in [-0.1, -0.05) is 15.9 Å². The Bertz CT molecular complexity index is 919. The molecule has 0 saturated heterocycles. The molecule has 6 nitrogen and oxygen atoms in total. The molecular weight excluding hydrogens is 464 g/mol. The normalized spacial score (nSPS) is 10.5. The number of ether oxygens (including phenoxy) is 1. The number of urea groups is 1. The van der Waals surface area contributed by atoms with Crippen molar-refractivity contribution < 1.29 is 9.53 Å². The molecule has 0 saturated carbocycles. The lowest BCUT2D eigenvalue weighted by molar-refractivity contribution is 0.262. The van der Waals surface area contributed by atoms with Gasteiger partial charge in [0.1, 0.15) is 5.75 Å². The molecule has 2 N–H and O–H groups in total. The van der Waals surface area contributed by atoms with Crippen molar-refractivity contribution in [1.29, 1.82) is 0 Å². The lowest BCUT2D eigenvalue weighted by Gasteiger charge is -2.12. The van der Waals surface area contributed by atoms with E-state index in [1.54, 1.807) is 24.1 Å². The monoisotopic (exact) mass is 478 g/mol. The van der Waals surface area contributed by atoms with Crippen molar-refractivity contribution in [2.45, 2.75) is 0 Å². The molecule has 2 aromatic carbocycles. The topological polar surface area (TPSA) is 68.2 Å². The summed E-state index contributed by atoms with van der Waals surface area (Å²) in [7, 11) is 3.44. The van der Waals surface area contributed by atoms with Crippen LogP contribution >= 0.6 is 31.9 Å². The second-order valence-electron chi connectivity index (χ2n) is 5.50. The number of aryl methyl sites for hydroxylation is 1. The zero-order valence-corrected chi connectivity index (χ0v) is 17.3. The second kappa shape index (κ2) is 7.92. The maximum absolute atomic E-state index is 12.3. The molecule has 2 amide bonds. The fourth-order valence-electron chi connectivity index (χ4n) is 2.49. The molecule has 0 aliphatic carbocycles. The van der Waals surface area contributed by atoms with Crippen molar-refractivity contribution in [3.05, 3.63) is 57.6 Å². The van der Waals surface area contributed by atoms with E-state index < -0.39 is 0 Å². The minimum atomic E-state index is -0.337. The predicted molar refractivity (Wildman–Crippen MR) is 110 cm³/mol. The van der Waals surface area contributed by atoms with E-state index in [0.29, 0.717) is 17.1 Å². The van der Waals surface area contributed by atoms with Crippen LogP contribution in [0.4, 0.5) is 16.2 Å². The molecule has 0 spiro atoms. The Balaban J connectivity index is 1.84. The SMILES string of the molecule is COc1cc(NC(=O)Nc2ccc(Br)cc2)cc(-c2c(Br)cnn2C)c1. The first-order valence-corrected chi connectivity index (χ1v) is 9.25. The Labute approximate surface area is 167 Å². The lowest BCUT2D eigenvalue weighted by Crippen LogP contribution is -2.19. The van der Waals surface area contributed by atoms with Gasteiger partial charge >= 0.3 is 6.03 Å². The van der Waals surface area contributed by atoms with Crippen molar-refractivity contribution in [3.63, 3.8) is 0 Å². The minimum absolute atomic E-state index is 0.337. The summed E-state index contributed by atoms with van der Waals surface area (Å²) in [6.45, 7) is 0. The van der Waals surface area contributed by atoms with E-state index in [9.17, 15) is 4.79 Å². The third-order valence-electron chi connectivity index (χ3n) is 3.67. The van der Waals surface area contributed by atoms with Gasteiger partial charge in [0.05, 0.1) is 23.5 Å². The summed E-state index contributed by atoms with van der Waals surface area (Å²) in [5.74, 6) is 0.634. The maximum Gasteiger partial charge on any atom is 0.323 e. The molecule has 0 radical (unpaired) electrons. The third kappa shape index (κ3) is 4.25. The molecule has 0 fully saturated rings. The average Bonchev–Trinajstić information content (AvgIpc) is 2.95. The van der Waals surface area contributed by atoms with Gasteiger partial charge in [-0.2, -0.15) is 5.10 Å². The highest BCUT2D eigenvalue weighted by Gasteiger charge is 2.13. The summed E-state index contributed by atoms with van der Waals surface area (Å²) < 4.78 is 8.93. The van der Waals surface area contributed by atoms with Crippen LogP contribution < -0.4 is 15.4 Å². The fourth-order valence-corrected chi connectivity index (χ4v) is 3.33. The summed E-state index contributed by atoms with van der Waals surface area (Å²) >= 11 is 6.86. The summed E-state index contributed by atoms with van der Waals surface area (Å²) in [6, 6.07) is 12.5.